The van der Waals surface area contributed by atoms with Gasteiger partial charge in [0.25, 0.3) is 0 Å². The van der Waals surface area contributed by atoms with Crippen LogP contribution in [0.2, 0.25) is 5.02 Å². The van der Waals surface area contributed by atoms with Crippen molar-refractivity contribution in [3.63, 3.8) is 0 Å². The Hall–Kier alpha value is -3.35. The molecule has 0 radical (unpaired) electrons. The highest BCUT2D eigenvalue weighted by Gasteiger charge is 2.13. The second kappa shape index (κ2) is 14.3. The van der Waals surface area contributed by atoms with E-state index in [2.05, 4.69) is 17.0 Å². The molecule has 3 rings (SSSR count). The Kier molecular flexibility index (Phi) is 10.8. The number of carbonyl (C=O) groups excluding carboxylic acids is 2. The number of methoxy groups -OCH3 is 1. The van der Waals surface area contributed by atoms with Crippen LogP contribution in [0.15, 0.2) is 78.9 Å². The van der Waals surface area contributed by atoms with E-state index in [1.165, 1.54) is 18.2 Å². The van der Waals surface area contributed by atoms with Gasteiger partial charge in [0.05, 0.1) is 12.7 Å². The number of nitrogens with two attached hydrogens (primary N) is 1. The lowest BCUT2D eigenvalue weighted by Crippen LogP contribution is -2.38. The Morgan fingerprint density at radius 3 is 2.03 bits per heavy atom. The predicted molar refractivity (Wildman–Crippen MR) is 146 cm³/mol. The number of benzene rings is 3. The highest BCUT2D eigenvalue weighted by Crippen LogP contribution is 2.15. The molecular formula is C29H34ClN3O3. The van der Waals surface area contributed by atoms with Crippen LogP contribution in [0, 0.1) is 0 Å². The van der Waals surface area contributed by atoms with Crippen molar-refractivity contribution in [2.24, 2.45) is 5.73 Å². The van der Waals surface area contributed by atoms with Gasteiger partial charge in [-0.3, -0.25) is 4.90 Å². The van der Waals surface area contributed by atoms with Crippen LogP contribution in [0.25, 0.3) is 0 Å². The van der Waals surface area contributed by atoms with Crippen molar-refractivity contribution in [3.8, 4) is 0 Å². The molecule has 0 saturated heterocycles. The number of para-hydroxylation sites is 1. The Bertz CT molecular complexity index is 1090. The molecule has 0 aliphatic carbocycles. The number of rotatable bonds is 13. The first-order valence-corrected chi connectivity index (χ1v) is 12.6. The van der Waals surface area contributed by atoms with Gasteiger partial charge in [-0.1, -0.05) is 54.1 Å². The normalized spacial score (nSPS) is 10.9. The lowest BCUT2D eigenvalue weighted by Gasteiger charge is -2.25. The first-order chi connectivity index (χ1) is 17.5. The Morgan fingerprint density at radius 1 is 0.778 bits per heavy atom. The molecule has 0 fully saturated rings. The van der Waals surface area contributed by atoms with E-state index in [0.717, 1.165) is 56.0 Å². The van der Waals surface area contributed by atoms with Gasteiger partial charge in [0.2, 0.25) is 0 Å². The summed E-state index contributed by atoms with van der Waals surface area (Å²) < 4.78 is 4.77. The molecule has 0 atom stereocenters. The second-order valence-electron chi connectivity index (χ2n) is 8.69. The van der Waals surface area contributed by atoms with E-state index < -0.39 is 6.03 Å². The third-order valence-electron chi connectivity index (χ3n) is 6.13. The molecule has 0 saturated carbocycles. The van der Waals surface area contributed by atoms with Crippen molar-refractivity contribution in [2.75, 3.05) is 38.2 Å². The predicted octanol–water partition coefficient (Wildman–Crippen LogP) is 5.58. The van der Waals surface area contributed by atoms with Crippen LogP contribution in [0.3, 0.4) is 0 Å². The number of amides is 2. The van der Waals surface area contributed by atoms with Gasteiger partial charge in [0.1, 0.15) is 0 Å². The molecule has 0 aliphatic heterocycles. The summed E-state index contributed by atoms with van der Waals surface area (Å²) in [5.74, 6) is -0.324. The summed E-state index contributed by atoms with van der Waals surface area (Å²) in [5.41, 5.74) is 9.45. The number of urea groups is 1. The molecule has 36 heavy (non-hydrogen) atoms. The van der Waals surface area contributed by atoms with Crippen LogP contribution in [-0.4, -0.2) is 50.2 Å². The number of anilines is 1. The van der Waals surface area contributed by atoms with Crippen LogP contribution in [-0.2, 0) is 17.6 Å². The summed E-state index contributed by atoms with van der Waals surface area (Å²) in [4.78, 5) is 27.7. The maximum absolute atomic E-state index is 12.0. The summed E-state index contributed by atoms with van der Waals surface area (Å²) >= 11 is 6.03. The van der Waals surface area contributed by atoms with Crippen molar-refractivity contribution in [1.29, 1.82) is 0 Å². The largest absolute Gasteiger partial charge is 0.465 e. The van der Waals surface area contributed by atoms with Gasteiger partial charge in [-0.05, 0) is 86.3 Å². The third-order valence-corrected chi connectivity index (χ3v) is 6.39. The average Bonchev–Trinajstić information content (AvgIpc) is 2.90. The van der Waals surface area contributed by atoms with Crippen LogP contribution < -0.4 is 10.6 Å². The minimum Gasteiger partial charge on any atom is -0.465 e. The molecule has 2 amide bonds. The van der Waals surface area contributed by atoms with Crippen molar-refractivity contribution in [2.45, 2.75) is 25.7 Å². The number of carbonyl (C=O) groups is 2. The first-order valence-electron chi connectivity index (χ1n) is 12.2. The van der Waals surface area contributed by atoms with Gasteiger partial charge in [0.15, 0.2) is 0 Å². The van der Waals surface area contributed by atoms with Crippen molar-refractivity contribution < 1.29 is 14.3 Å². The molecule has 0 unspecified atom stereocenters. The average molecular weight is 508 g/mol. The highest BCUT2D eigenvalue weighted by atomic mass is 35.5. The summed E-state index contributed by atoms with van der Waals surface area (Å²) in [6, 6.07) is 24.6. The molecule has 3 aromatic carbocycles. The van der Waals surface area contributed by atoms with Crippen molar-refractivity contribution in [3.05, 3.63) is 101 Å². The van der Waals surface area contributed by atoms with E-state index in [-0.39, 0.29) is 5.97 Å². The molecule has 0 aliphatic rings. The van der Waals surface area contributed by atoms with E-state index in [4.69, 9.17) is 22.1 Å². The van der Waals surface area contributed by atoms with Crippen LogP contribution in [0.1, 0.15) is 34.3 Å². The summed E-state index contributed by atoms with van der Waals surface area (Å²) in [6.07, 6.45) is 3.63. The molecular weight excluding hydrogens is 474 g/mol. The monoisotopic (exact) mass is 507 g/mol. The fourth-order valence-corrected chi connectivity index (χ4v) is 4.26. The topological polar surface area (TPSA) is 75.9 Å². The van der Waals surface area contributed by atoms with Crippen LogP contribution in [0.4, 0.5) is 10.5 Å². The maximum Gasteiger partial charge on any atom is 0.337 e. The Labute approximate surface area is 218 Å². The number of primary amides is 1. The number of ether oxygens (including phenoxy) is 1. The van der Waals surface area contributed by atoms with Gasteiger partial charge in [0, 0.05) is 23.8 Å². The molecule has 0 aromatic heterocycles. The lowest BCUT2D eigenvalue weighted by atomic mass is 10.1. The molecule has 2 N–H and O–H groups in total. The first kappa shape index (κ1) is 27.2. The Balaban J connectivity index is 1.56. The van der Waals surface area contributed by atoms with Gasteiger partial charge in [-0.25, -0.2) is 9.59 Å². The minimum atomic E-state index is -0.440. The summed E-state index contributed by atoms with van der Waals surface area (Å²) in [5, 5.41) is 0.737. The van der Waals surface area contributed by atoms with E-state index in [0.29, 0.717) is 12.1 Å². The van der Waals surface area contributed by atoms with Crippen LogP contribution >= 0.6 is 11.6 Å². The number of nitrogens with zero attached hydrogens (tertiary/aromatic N) is 2. The molecule has 0 heterocycles. The molecule has 7 heteroatoms. The van der Waals surface area contributed by atoms with Gasteiger partial charge >= 0.3 is 12.0 Å². The zero-order valence-electron chi connectivity index (χ0n) is 20.7. The van der Waals surface area contributed by atoms with E-state index >= 15 is 0 Å². The zero-order valence-corrected chi connectivity index (χ0v) is 21.5. The molecule has 3 aromatic rings. The SMILES string of the molecule is COC(=O)c1ccc(CCCN(CCCN(C(N)=O)c2ccccc2)CCc2ccc(Cl)cc2)cc1. The number of hydrogen-bond acceptors (Lipinski definition) is 4. The van der Waals surface area contributed by atoms with E-state index in [1.807, 2.05) is 66.7 Å². The fourth-order valence-electron chi connectivity index (χ4n) is 4.13. The Morgan fingerprint density at radius 2 is 1.39 bits per heavy atom. The second-order valence-corrected chi connectivity index (χ2v) is 9.13. The van der Waals surface area contributed by atoms with Crippen LogP contribution in [0.5, 0.6) is 0 Å². The number of esters is 1. The quantitative estimate of drug-likeness (QED) is 0.306. The number of hydrogen-bond donors (Lipinski definition) is 1. The fraction of sp³-hybridized carbons (Fsp3) is 0.310. The van der Waals surface area contributed by atoms with Gasteiger partial charge < -0.3 is 15.4 Å². The third kappa shape index (κ3) is 8.70. The molecule has 0 bridgehead atoms. The maximum atomic E-state index is 12.0. The standard InChI is InChI=1S/C29H34ClN3O3/c1-36-28(34)25-14-10-23(11-15-25)7-5-19-32(22-18-24-12-16-26(30)17-13-24)20-6-21-33(29(31)35)27-8-3-2-4-9-27/h2-4,8-17H,5-7,18-22H2,1H3,(H2,31,35). The van der Waals surface area contributed by atoms with E-state index in [9.17, 15) is 9.59 Å². The number of aryl methyl sites for hydroxylation is 1. The number of halogens is 1. The smallest absolute Gasteiger partial charge is 0.337 e. The zero-order chi connectivity index (χ0) is 25.8. The minimum absolute atomic E-state index is 0.324. The van der Waals surface area contributed by atoms with E-state index in [1.54, 1.807) is 4.90 Å². The highest BCUT2D eigenvalue weighted by molar-refractivity contribution is 6.30. The summed E-state index contributed by atoms with van der Waals surface area (Å²) in [7, 11) is 1.39. The lowest BCUT2D eigenvalue weighted by molar-refractivity contribution is 0.0600. The molecule has 0 spiro atoms. The van der Waals surface area contributed by atoms with Crippen molar-refractivity contribution in [1.82, 2.24) is 4.90 Å². The molecule has 190 valence electrons. The van der Waals surface area contributed by atoms with Gasteiger partial charge in [-0.2, -0.15) is 0 Å². The van der Waals surface area contributed by atoms with Gasteiger partial charge in [-0.15, -0.1) is 0 Å². The summed E-state index contributed by atoms with van der Waals surface area (Å²) in [6.45, 7) is 3.25. The van der Waals surface area contributed by atoms with Crippen molar-refractivity contribution >= 4 is 29.3 Å². The molecule has 6 nitrogen and oxygen atoms in total.